The van der Waals surface area contributed by atoms with Crippen molar-refractivity contribution < 1.29 is 4.79 Å². The van der Waals surface area contributed by atoms with Gasteiger partial charge in [-0.25, -0.2) is 4.98 Å². The van der Waals surface area contributed by atoms with Gasteiger partial charge in [-0.15, -0.1) is 0 Å². The molecule has 1 aliphatic heterocycles. The van der Waals surface area contributed by atoms with Gasteiger partial charge in [0.2, 0.25) is 5.91 Å². The number of carbonyl (C=O) groups is 1. The van der Waals surface area contributed by atoms with Gasteiger partial charge in [-0.05, 0) is 43.9 Å². The topological polar surface area (TPSA) is 48.5 Å². The van der Waals surface area contributed by atoms with Crippen LogP contribution in [-0.2, 0) is 4.79 Å². The van der Waals surface area contributed by atoms with Crippen molar-refractivity contribution in [1.29, 1.82) is 0 Å². The van der Waals surface area contributed by atoms with Gasteiger partial charge in [0.05, 0.1) is 10.2 Å². The largest absolute Gasteiger partial charge is 0.355 e. The normalized spacial score (nSPS) is 19.3. The molecular weight excluding hydrogens is 368 g/mol. The number of aryl methyl sites for hydroxylation is 2. The number of hydrogen-bond acceptors (Lipinski definition) is 5. The minimum absolute atomic E-state index is 0.261. The van der Waals surface area contributed by atoms with Crippen LogP contribution in [0.25, 0.3) is 10.2 Å². The summed E-state index contributed by atoms with van der Waals surface area (Å²) in [5.41, 5.74) is 3.73. The Hall–Kier alpha value is -1.66. The maximum absolute atomic E-state index is 12.3. The molecule has 2 aliphatic rings. The Balaban J connectivity index is 1.24. The van der Waals surface area contributed by atoms with Crippen LogP contribution in [0, 0.1) is 19.8 Å². The number of thiazole rings is 1. The fraction of sp³-hybridized carbons (Fsp3) is 0.636. The second kappa shape index (κ2) is 8.78. The predicted octanol–water partition coefficient (Wildman–Crippen LogP) is 3.73. The average Bonchev–Trinajstić information content (AvgIpc) is 3.13. The molecule has 1 aliphatic carbocycles. The van der Waals surface area contributed by atoms with Crippen molar-refractivity contribution >= 4 is 32.6 Å². The molecule has 1 aromatic carbocycles. The fourth-order valence-corrected chi connectivity index (χ4v) is 5.58. The molecule has 2 aromatic rings. The number of piperazine rings is 1. The Bertz CT molecular complexity index is 819. The number of nitrogens with zero attached hydrogens (tertiary/aromatic N) is 3. The molecule has 1 amide bonds. The summed E-state index contributed by atoms with van der Waals surface area (Å²) in [7, 11) is 0. The Kier molecular flexibility index (Phi) is 6.16. The van der Waals surface area contributed by atoms with E-state index in [0.717, 1.165) is 62.8 Å². The summed E-state index contributed by atoms with van der Waals surface area (Å²) >= 11 is 1.82. The maximum atomic E-state index is 12.3. The Morgan fingerprint density at radius 1 is 1.14 bits per heavy atom. The van der Waals surface area contributed by atoms with Crippen LogP contribution in [0.3, 0.4) is 0 Å². The molecule has 28 heavy (non-hydrogen) atoms. The van der Waals surface area contributed by atoms with Gasteiger partial charge in [-0.2, -0.15) is 0 Å². The first-order valence-corrected chi connectivity index (χ1v) is 11.5. The monoisotopic (exact) mass is 400 g/mol. The number of hydrogen-bond donors (Lipinski definition) is 1. The SMILES string of the molecule is Cc1cc(C)c2sc(N3CCN(CCNC(=O)C4CCCCC4)CC3)nc2c1. The summed E-state index contributed by atoms with van der Waals surface area (Å²) in [6.45, 7) is 10.1. The van der Waals surface area contributed by atoms with Crippen molar-refractivity contribution in [2.24, 2.45) is 5.92 Å². The number of carbonyl (C=O) groups excluding carboxylic acids is 1. The number of aromatic nitrogens is 1. The van der Waals surface area contributed by atoms with Crippen molar-refractivity contribution in [3.63, 3.8) is 0 Å². The van der Waals surface area contributed by atoms with Crippen LogP contribution in [0.1, 0.15) is 43.2 Å². The third-order valence-electron chi connectivity index (χ3n) is 6.15. The molecule has 0 atom stereocenters. The zero-order valence-electron chi connectivity index (χ0n) is 17.2. The van der Waals surface area contributed by atoms with Gasteiger partial charge in [-0.3, -0.25) is 9.69 Å². The van der Waals surface area contributed by atoms with Crippen LogP contribution < -0.4 is 10.2 Å². The summed E-state index contributed by atoms with van der Waals surface area (Å²) in [6.07, 6.45) is 5.87. The summed E-state index contributed by atoms with van der Waals surface area (Å²) in [5, 5.41) is 4.31. The Morgan fingerprint density at radius 3 is 2.64 bits per heavy atom. The molecule has 5 nitrogen and oxygen atoms in total. The molecule has 1 aromatic heterocycles. The van der Waals surface area contributed by atoms with E-state index in [9.17, 15) is 4.79 Å². The lowest BCUT2D eigenvalue weighted by molar-refractivity contribution is -0.125. The number of amides is 1. The smallest absolute Gasteiger partial charge is 0.223 e. The standard InChI is InChI=1S/C22H32N4OS/c1-16-14-17(2)20-19(15-16)24-22(28-20)26-12-10-25(11-13-26)9-8-23-21(27)18-6-4-3-5-7-18/h14-15,18H,3-13H2,1-2H3,(H,23,27). The third kappa shape index (κ3) is 4.49. The van der Waals surface area contributed by atoms with E-state index in [1.54, 1.807) is 0 Å². The third-order valence-corrected chi connectivity index (χ3v) is 7.42. The first kappa shape index (κ1) is 19.6. The number of nitrogens with one attached hydrogen (secondary N) is 1. The minimum atomic E-state index is 0.261. The lowest BCUT2D eigenvalue weighted by Gasteiger charge is -2.34. The van der Waals surface area contributed by atoms with Gasteiger partial charge >= 0.3 is 0 Å². The molecule has 6 heteroatoms. The average molecular weight is 401 g/mol. The van der Waals surface area contributed by atoms with Crippen LogP contribution >= 0.6 is 11.3 Å². The first-order chi connectivity index (χ1) is 13.6. The van der Waals surface area contributed by atoms with Crippen LogP contribution in [0.4, 0.5) is 5.13 Å². The predicted molar refractivity (Wildman–Crippen MR) is 117 cm³/mol. The highest BCUT2D eigenvalue weighted by molar-refractivity contribution is 7.22. The molecule has 2 heterocycles. The highest BCUT2D eigenvalue weighted by atomic mass is 32.1. The minimum Gasteiger partial charge on any atom is -0.355 e. The van der Waals surface area contributed by atoms with Crippen molar-refractivity contribution in [3.05, 3.63) is 23.3 Å². The summed E-state index contributed by atoms with van der Waals surface area (Å²) in [6, 6.07) is 4.43. The molecule has 0 bridgehead atoms. The van der Waals surface area contributed by atoms with Crippen LogP contribution in [-0.4, -0.2) is 55.1 Å². The lowest BCUT2D eigenvalue weighted by Crippen LogP contribution is -2.48. The molecule has 152 valence electrons. The van der Waals surface area contributed by atoms with E-state index in [-0.39, 0.29) is 11.8 Å². The second-order valence-electron chi connectivity index (χ2n) is 8.38. The molecule has 1 saturated carbocycles. The molecule has 2 fully saturated rings. The van der Waals surface area contributed by atoms with Crippen LogP contribution in [0.5, 0.6) is 0 Å². The zero-order chi connectivity index (χ0) is 19.5. The van der Waals surface area contributed by atoms with Crippen LogP contribution in [0.15, 0.2) is 12.1 Å². The number of anilines is 1. The summed E-state index contributed by atoms with van der Waals surface area (Å²) in [4.78, 5) is 22.0. The van der Waals surface area contributed by atoms with Gasteiger partial charge in [0.15, 0.2) is 5.13 Å². The number of benzene rings is 1. The van der Waals surface area contributed by atoms with Gasteiger partial charge in [0, 0.05) is 45.2 Å². The van der Waals surface area contributed by atoms with Gasteiger partial charge in [0.1, 0.15) is 0 Å². The number of rotatable bonds is 5. The molecule has 0 radical (unpaired) electrons. The van der Waals surface area contributed by atoms with E-state index < -0.39 is 0 Å². The lowest BCUT2D eigenvalue weighted by atomic mass is 9.89. The van der Waals surface area contributed by atoms with E-state index in [4.69, 9.17) is 4.98 Å². The van der Waals surface area contributed by atoms with Crippen LogP contribution in [0.2, 0.25) is 0 Å². The molecule has 4 rings (SSSR count). The van der Waals surface area contributed by atoms with E-state index in [2.05, 4.69) is 41.1 Å². The van der Waals surface area contributed by atoms with Gasteiger partial charge in [-0.1, -0.05) is 36.7 Å². The first-order valence-electron chi connectivity index (χ1n) is 10.7. The second-order valence-corrected chi connectivity index (χ2v) is 9.36. The molecule has 1 saturated heterocycles. The maximum Gasteiger partial charge on any atom is 0.223 e. The molecule has 0 spiro atoms. The number of fused-ring (bicyclic) bond motifs is 1. The quantitative estimate of drug-likeness (QED) is 0.831. The highest BCUT2D eigenvalue weighted by Gasteiger charge is 2.22. The van der Waals surface area contributed by atoms with E-state index in [1.807, 2.05) is 11.3 Å². The van der Waals surface area contributed by atoms with E-state index >= 15 is 0 Å². The van der Waals surface area contributed by atoms with E-state index in [0.29, 0.717) is 0 Å². The Morgan fingerprint density at radius 2 is 1.89 bits per heavy atom. The van der Waals surface area contributed by atoms with Crippen molar-refractivity contribution in [2.75, 3.05) is 44.2 Å². The molecular formula is C22H32N4OS. The summed E-state index contributed by atoms with van der Waals surface area (Å²) in [5.74, 6) is 0.537. The zero-order valence-corrected chi connectivity index (χ0v) is 18.0. The molecule has 1 N–H and O–H groups in total. The van der Waals surface area contributed by atoms with Crippen molar-refractivity contribution in [3.8, 4) is 0 Å². The van der Waals surface area contributed by atoms with Crippen molar-refractivity contribution in [2.45, 2.75) is 46.0 Å². The van der Waals surface area contributed by atoms with Crippen molar-refractivity contribution in [1.82, 2.24) is 15.2 Å². The fourth-order valence-electron chi connectivity index (χ4n) is 4.51. The van der Waals surface area contributed by atoms with Gasteiger partial charge < -0.3 is 10.2 Å². The molecule has 0 unspecified atom stereocenters. The summed E-state index contributed by atoms with van der Waals surface area (Å²) < 4.78 is 1.31. The van der Waals surface area contributed by atoms with Gasteiger partial charge in [0.25, 0.3) is 0 Å². The highest BCUT2D eigenvalue weighted by Crippen LogP contribution is 2.32. The van der Waals surface area contributed by atoms with E-state index in [1.165, 1.54) is 35.1 Å². The Labute approximate surface area is 172 Å².